The molecule has 10 heteroatoms. The first-order chi connectivity index (χ1) is 17.3. The van der Waals surface area contributed by atoms with Crippen molar-refractivity contribution in [2.75, 3.05) is 11.5 Å². The molecule has 0 saturated carbocycles. The number of nitrogens with one attached hydrogen (secondary N) is 1. The van der Waals surface area contributed by atoms with E-state index in [9.17, 15) is 14.4 Å². The number of hydrogen-bond acceptors (Lipinski definition) is 5. The van der Waals surface area contributed by atoms with E-state index in [1.165, 1.54) is 12.1 Å². The zero-order chi connectivity index (χ0) is 25.8. The Kier molecular flexibility index (Phi) is 7.98. The van der Waals surface area contributed by atoms with Gasteiger partial charge in [-0.2, -0.15) is 0 Å². The number of ether oxygens (including phenoxy) is 2. The molecule has 7 nitrogen and oxygen atoms in total. The lowest BCUT2D eigenvalue weighted by atomic mass is 10.1. The molecular weight excluding hydrogens is 571 g/mol. The van der Waals surface area contributed by atoms with Crippen molar-refractivity contribution in [1.82, 2.24) is 5.32 Å². The minimum absolute atomic E-state index is 0.230. The van der Waals surface area contributed by atoms with Crippen LogP contribution in [-0.4, -0.2) is 24.5 Å². The smallest absolute Gasteiger partial charge is 0.335 e. The van der Waals surface area contributed by atoms with E-state index in [0.717, 1.165) is 14.9 Å². The fourth-order valence-electron chi connectivity index (χ4n) is 3.48. The lowest BCUT2D eigenvalue weighted by Gasteiger charge is -2.26. The first-order valence-electron chi connectivity index (χ1n) is 10.8. The first-order valence-corrected chi connectivity index (χ1v) is 12.3. The van der Waals surface area contributed by atoms with Crippen molar-refractivity contribution in [2.24, 2.45) is 0 Å². The maximum atomic E-state index is 13.1. The minimum atomic E-state index is -0.867. The molecule has 0 unspecified atom stereocenters. The number of anilines is 1. The number of imide groups is 2. The highest BCUT2D eigenvalue weighted by Crippen LogP contribution is 2.38. The van der Waals surface area contributed by atoms with Gasteiger partial charge in [0.2, 0.25) is 0 Å². The van der Waals surface area contributed by atoms with Crippen LogP contribution in [-0.2, 0) is 16.2 Å². The Balaban J connectivity index is 1.66. The van der Waals surface area contributed by atoms with Gasteiger partial charge < -0.3 is 9.47 Å². The normalized spacial score (nSPS) is 14.7. The average molecular weight is 590 g/mol. The molecule has 184 valence electrons. The highest BCUT2D eigenvalue weighted by atomic mass is 79.9. The molecule has 3 aromatic rings. The molecule has 1 fully saturated rings. The summed E-state index contributed by atoms with van der Waals surface area (Å²) in [5.74, 6) is -0.942. The molecule has 1 aliphatic rings. The second kappa shape index (κ2) is 11.2. The largest absolute Gasteiger partial charge is 0.490 e. The average Bonchev–Trinajstić information content (AvgIpc) is 2.82. The molecular formula is C26H19BrCl2N2O5. The van der Waals surface area contributed by atoms with E-state index in [2.05, 4.69) is 21.2 Å². The molecule has 3 aromatic carbocycles. The maximum Gasteiger partial charge on any atom is 0.335 e. The van der Waals surface area contributed by atoms with Gasteiger partial charge in [-0.1, -0.05) is 57.3 Å². The van der Waals surface area contributed by atoms with Gasteiger partial charge in [0.15, 0.2) is 11.5 Å². The van der Waals surface area contributed by atoms with Crippen LogP contribution in [0, 0.1) is 0 Å². The molecule has 0 radical (unpaired) electrons. The topological polar surface area (TPSA) is 84.9 Å². The Bertz CT molecular complexity index is 1380. The number of nitrogens with zero attached hydrogens (tertiary/aromatic N) is 1. The SMILES string of the molecule is CCOc1cc(/C=C2\C(=O)NC(=O)N(c3cccc(Cl)c3)C2=O)cc(Cl)c1OCc1ccc(Br)cc1. The Morgan fingerprint density at radius 1 is 1.00 bits per heavy atom. The molecule has 4 amide bonds. The summed E-state index contributed by atoms with van der Waals surface area (Å²) in [6.07, 6.45) is 1.34. The zero-order valence-electron chi connectivity index (χ0n) is 18.9. The second-order valence-corrected chi connectivity index (χ2v) is 9.38. The Morgan fingerprint density at radius 3 is 2.44 bits per heavy atom. The third-order valence-corrected chi connectivity index (χ3v) is 6.15. The summed E-state index contributed by atoms with van der Waals surface area (Å²) in [6.45, 7) is 2.40. The molecule has 0 aliphatic carbocycles. The first kappa shape index (κ1) is 25.8. The standard InChI is InChI=1S/C26H19BrCl2N2O5/c1-2-35-22-12-16(11-21(29)23(22)36-14-15-6-8-17(27)9-7-15)10-20-24(32)30-26(34)31(25(20)33)19-5-3-4-18(28)13-19/h3-13H,2,14H2,1H3,(H,30,32,34)/b20-10+. The highest BCUT2D eigenvalue weighted by Gasteiger charge is 2.37. The van der Waals surface area contributed by atoms with Crippen molar-refractivity contribution in [1.29, 1.82) is 0 Å². The van der Waals surface area contributed by atoms with Gasteiger partial charge >= 0.3 is 6.03 Å². The van der Waals surface area contributed by atoms with Crippen LogP contribution in [0.3, 0.4) is 0 Å². The van der Waals surface area contributed by atoms with E-state index in [4.69, 9.17) is 32.7 Å². The minimum Gasteiger partial charge on any atom is -0.490 e. The number of amides is 4. The Hall–Kier alpha value is -3.33. The molecule has 1 aliphatic heterocycles. The zero-order valence-corrected chi connectivity index (χ0v) is 22.0. The van der Waals surface area contributed by atoms with Crippen molar-refractivity contribution in [2.45, 2.75) is 13.5 Å². The summed E-state index contributed by atoms with van der Waals surface area (Å²) in [5, 5.41) is 2.75. The molecule has 1 saturated heterocycles. The Morgan fingerprint density at radius 2 is 1.75 bits per heavy atom. The Labute approximate surface area is 225 Å². The van der Waals surface area contributed by atoms with Gasteiger partial charge in [0.05, 0.1) is 17.3 Å². The third-order valence-electron chi connectivity index (χ3n) is 5.11. The summed E-state index contributed by atoms with van der Waals surface area (Å²) < 4.78 is 12.6. The van der Waals surface area contributed by atoms with Crippen LogP contribution in [0.15, 0.2) is 70.7 Å². The predicted molar refractivity (Wildman–Crippen MR) is 142 cm³/mol. The molecule has 0 spiro atoms. The van der Waals surface area contributed by atoms with Crippen LogP contribution >= 0.6 is 39.1 Å². The molecule has 1 N–H and O–H groups in total. The van der Waals surface area contributed by atoms with Crippen molar-refractivity contribution in [3.8, 4) is 11.5 Å². The quantitative estimate of drug-likeness (QED) is 0.255. The lowest BCUT2D eigenvalue weighted by Crippen LogP contribution is -2.54. The molecule has 0 atom stereocenters. The molecule has 1 heterocycles. The van der Waals surface area contributed by atoms with E-state index in [-0.39, 0.29) is 22.9 Å². The van der Waals surface area contributed by atoms with E-state index in [1.54, 1.807) is 30.3 Å². The summed E-state index contributed by atoms with van der Waals surface area (Å²) >= 11 is 15.9. The van der Waals surface area contributed by atoms with Gasteiger partial charge in [-0.15, -0.1) is 0 Å². The number of urea groups is 1. The van der Waals surface area contributed by atoms with Crippen LogP contribution in [0.25, 0.3) is 6.08 Å². The number of carbonyl (C=O) groups is 3. The number of rotatable bonds is 7. The summed E-state index contributed by atoms with van der Waals surface area (Å²) in [6, 6.07) is 16.1. The van der Waals surface area contributed by atoms with Gasteiger partial charge in [-0.05, 0) is 66.6 Å². The summed E-state index contributed by atoms with van der Waals surface area (Å²) in [7, 11) is 0. The van der Waals surface area contributed by atoms with Crippen molar-refractivity contribution in [3.63, 3.8) is 0 Å². The fraction of sp³-hybridized carbons (Fsp3) is 0.115. The van der Waals surface area contributed by atoms with Crippen molar-refractivity contribution < 1.29 is 23.9 Å². The number of hydrogen-bond donors (Lipinski definition) is 1. The van der Waals surface area contributed by atoms with Crippen LogP contribution < -0.4 is 19.7 Å². The number of benzene rings is 3. The maximum absolute atomic E-state index is 13.1. The number of carbonyl (C=O) groups excluding carboxylic acids is 3. The monoisotopic (exact) mass is 588 g/mol. The highest BCUT2D eigenvalue weighted by molar-refractivity contribution is 9.10. The van der Waals surface area contributed by atoms with Crippen molar-refractivity contribution >= 4 is 68.7 Å². The van der Waals surface area contributed by atoms with E-state index in [0.29, 0.717) is 28.7 Å². The van der Waals surface area contributed by atoms with Gasteiger partial charge in [0.25, 0.3) is 11.8 Å². The van der Waals surface area contributed by atoms with E-state index >= 15 is 0 Å². The van der Waals surface area contributed by atoms with Gasteiger partial charge in [0, 0.05) is 9.50 Å². The van der Waals surface area contributed by atoms with Gasteiger partial charge in [-0.25, -0.2) is 9.69 Å². The fourth-order valence-corrected chi connectivity index (χ4v) is 4.21. The number of halogens is 3. The van der Waals surface area contributed by atoms with Crippen molar-refractivity contribution in [3.05, 3.63) is 91.9 Å². The number of barbiturate groups is 1. The van der Waals surface area contributed by atoms with Gasteiger partial charge in [-0.3, -0.25) is 14.9 Å². The van der Waals surface area contributed by atoms with Crippen LogP contribution in [0.1, 0.15) is 18.1 Å². The molecule has 36 heavy (non-hydrogen) atoms. The van der Waals surface area contributed by atoms with Crippen LogP contribution in [0.4, 0.5) is 10.5 Å². The van der Waals surface area contributed by atoms with Crippen LogP contribution in [0.2, 0.25) is 10.0 Å². The lowest BCUT2D eigenvalue weighted by molar-refractivity contribution is -0.122. The molecule has 0 bridgehead atoms. The van der Waals surface area contributed by atoms with E-state index in [1.807, 2.05) is 31.2 Å². The molecule has 4 rings (SSSR count). The van der Waals surface area contributed by atoms with Crippen LogP contribution in [0.5, 0.6) is 11.5 Å². The van der Waals surface area contributed by atoms with Gasteiger partial charge in [0.1, 0.15) is 12.2 Å². The summed E-state index contributed by atoms with van der Waals surface area (Å²) in [4.78, 5) is 39.0. The van der Waals surface area contributed by atoms with E-state index < -0.39 is 17.8 Å². The summed E-state index contributed by atoms with van der Waals surface area (Å²) in [5.41, 5.74) is 1.32. The second-order valence-electron chi connectivity index (χ2n) is 7.62. The third kappa shape index (κ3) is 5.73. The predicted octanol–water partition coefficient (Wildman–Crippen LogP) is 6.40. The molecule has 0 aromatic heterocycles.